The summed E-state index contributed by atoms with van der Waals surface area (Å²) < 4.78 is 12.6. The van der Waals surface area contributed by atoms with Crippen LogP contribution in [-0.2, 0) is 22.7 Å². The maximum atomic E-state index is 12.4. The lowest BCUT2D eigenvalue weighted by atomic mass is 10.2. The van der Waals surface area contributed by atoms with Crippen molar-refractivity contribution < 1.29 is 19.1 Å². The van der Waals surface area contributed by atoms with Gasteiger partial charge in [0.2, 0.25) is 5.91 Å². The number of carbonyl (C=O) groups is 2. The molecule has 32 heavy (non-hydrogen) atoms. The molecule has 1 aromatic heterocycles. The van der Waals surface area contributed by atoms with Gasteiger partial charge < -0.3 is 14.8 Å². The Labute approximate surface area is 190 Å². The van der Waals surface area contributed by atoms with E-state index in [4.69, 9.17) is 9.47 Å². The fourth-order valence-electron chi connectivity index (χ4n) is 2.74. The first kappa shape index (κ1) is 23.1. The van der Waals surface area contributed by atoms with Gasteiger partial charge in [0.15, 0.2) is 11.0 Å². The van der Waals surface area contributed by atoms with Crippen LogP contribution in [0, 0.1) is 0 Å². The quantitative estimate of drug-likeness (QED) is 0.267. The van der Waals surface area contributed by atoms with Gasteiger partial charge in [-0.05, 0) is 43.3 Å². The molecule has 0 radical (unpaired) electrons. The van der Waals surface area contributed by atoms with Crippen molar-refractivity contribution in [2.45, 2.75) is 25.2 Å². The van der Waals surface area contributed by atoms with Crippen molar-refractivity contribution in [2.24, 2.45) is 0 Å². The number of aromatic nitrogens is 3. The second kappa shape index (κ2) is 11.7. The summed E-state index contributed by atoms with van der Waals surface area (Å²) in [6, 6.07) is 16.0. The Bertz CT molecular complexity index is 1050. The first-order valence-corrected chi connectivity index (χ1v) is 11.0. The molecule has 1 N–H and O–H groups in total. The van der Waals surface area contributed by atoms with Crippen molar-refractivity contribution in [3.05, 3.63) is 78.6 Å². The molecule has 0 atom stereocenters. The Morgan fingerprint density at radius 1 is 1.12 bits per heavy atom. The third kappa shape index (κ3) is 6.45. The fourth-order valence-corrected chi connectivity index (χ4v) is 3.51. The van der Waals surface area contributed by atoms with Gasteiger partial charge in [-0.25, -0.2) is 4.79 Å². The monoisotopic (exact) mass is 452 g/mol. The number of nitrogens with one attached hydrogen (secondary N) is 1. The number of amides is 1. The number of nitrogens with zero attached hydrogens (tertiary/aromatic N) is 3. The smallest absolute Gasteiger partial charge is 0.338 e. The van der Waals surface area contributed by atoms with Crippen LogP contribution in [0.4, 0.5) is 5.69 Å². The van der Waals surface area contributed by atoms with Gasteiger partial charge in [-0.2, -0.15) is 0 Å². The second-order valence-corrected chi connectivity index (χ2v) is 7.48. The Kier molecular flexibility index (Phi) is 8.44. The van der Waals surface area contributed by atoms with E-state index in [0.29, 0.717) is 35.4 Å². The lowest BCUT2D eigenvalue weighted by Gasteiger charge is -2.09. The van der Waals surface area contributed by atoms with Crippen molar-refractivity contribution in [1.82, 2.24) is 14.8 Å². The van der Waals surface area contributed by atoms with Crippen LogP contribution < -0.4 is 10.1 Å². The molecule has 0 unspecified atom stereocenters. The number of hydrogen-bond donors (Lipinski definition) is 1. The van der Waals surface area contributed by atoms with Crippen LogP contribution in [0.25, 0.3) is 0 Å². The molecule has 0 saturated heterocycles. The Morgan fingerprint density at radius 3 is 2.56 bits per heavy atom. The molecule has 0 bridgehead atoms. The van der Waals surface area contributed by atoms with Crippen LogP contribution in [0.5, 0.6) is 5.75 Å². The Balaban J connectivity index is 1.56. The third-order valence-electron chi connectivity index (χ3n) is 4.23. The van der Waals surface area contributed by atoms with Crippen LogP contribution in [0.2, 0.25) is 0 Å². The van der Waals surface area contributed by atoms with Crippen molar-refractivity contribution in [2.75, 3.05) is 17.7 Å². The lowest BCUT2D eigenvalue weighted by Crippen LogP contribution is -2.15. The maximum absolute atomic E-state index is 12.4. The number of ether oxygens (including phenoxy) is 2. The number of hydrogen-bond acceptors (Lipinski definition) is 7. The molecule has 0 aliphatic carbocycles. The van der Waals surface area contributed by atoms with Crippen molar-refractivity contribution in [3.63, 3.8) is 0 Å². The minimum atomic E-state index is -0.394. The molecule has 0 spiro atoms. The molecule has 166 valence electrons. The summed E-state index contributed by atoms with van der Waals surface area (Å²) in [6.07, 6.45) is 1.74. The normalized spacial score (nSPS) is 10.4. The topological polar surface area (TPSA) is 95.3 Å². The molecule has 8 nitrogen and oxygen atoms in total. The van der Waals surface area contributed by atoms with Crippen LogP contribution in [0.1, 0.15) is 23.1 Å². The van der Waals surface area contributed by atoms with Crippen molar-refractivity contribution in [1.29, 1.82) is 0 Å². The number of anilines is 1. The zero-order valence-corrected chi connectivity index (χ0v) is 18.5. The summed E-state index contributed by atoms with van der Waals surface area (Å²) in [5.41, 5.74) is 1.02. The summed E-state index contributed by atoms with van der Waals surface area (Å²) in [6.45, 7) is 6.59. The van der Waals surface area contributed by atoms with E-state index in [1.54, 1.807) is 37.3 Å². The summed E-state index contributed by atoms with van der Waals surface area (Å²) in [5.74, 6) is 0.937. The second-order valence-electron chi connectivity index (χ2n) is 6.53. The predicted octanol–water partition coefficient (Wildman–Crippen LogP) is 3.95. The number of para-hydroxylation sites is 1. The molecule has 9 heteroatoms. The van der Waals surface area contributed by atoms with Gasteiger partial charge in [0.25, 0.3) is 0 Å². The van der Waals surface area contributed by atoms with Crippen LogP contribution in [0.15, 0.2) is 72.4 Å². The molecule has 0 fully saturated rings. The molecule has 1 heterocycles. The molecule has 1 amide bonds. The molecule has 0 aliphatic rings. The highest BCUT2D eigenvalue weighted by molar-refractivity contribution is 7.99. The molecule has 2 aromatic carbocycles. The van der Waals surface area contributed by atoms with E-state index in [0.717, 1.165) is 5.75 Å². The first-order valence-electron chi connectivity index (χ1n) is 10.0. The van der Waals surface area contributed by atoms with Crippen LogP contribution >= 0.6 is 11.8 Å². The summed E-state index contributed by atoms with van der Waals surface area (Å²) in [5, 5.41) is 11.8. The van der Waals surface area contributed by atoms with Crippen molar-refractivity contribution >= 4 is 29.3 Å². The zero-order valence-electron chi connectivity index (χ0n) is 17.7. The van der Waals surface area contributed by atoms with Gasteiger partial charge in [0.05, 0.1) is 17.9 Å². The SMILES string of the molecule is C=CCn1c(COc2ccccc2)nnc1SCC(=O)Nc1ccc(C(=O)OCC)cc1. The molecule has 3 aromatic rings. The van der Waals surface area contributed by atoms with E-state index in [1.165, 1.54) is 11.8 Å². The molecule has 0 saturated carbocycles. The average molecular weight is 453 g/mol. The minimum absolute atomic E-state index is 0.147. The number of benzene rings is 2. The van der Waals surface area contributed by atoms with E-state index in [9.17, 15) is 9.59 Å². The predicted molar refractivity (Wildman–Crippen MR) is 123 cm³/mol. The van der Waals surface area contributed by atoms with Gasteiger partial charge in [0.1, 0.15) is 12.4 Å². The minimum Gasteiger partial charge on any atom is -0.486 e. The van der Waals surface area contributed by atoms with Gasteiger partial charge in [-0.15, -0.1) is 16.8 Å². The highest BCUT2D eigenvalue weighted by Gasteiger charge is 2.14. The van der Waals surface area contributed by atoms with Gasteiger partial charge in [-0.3, -0.25) is 9.36 Å². The first-order chi connectivity index (χ1) is 15.6. The summed E-state index contributed by atoms with van der Waals surface area (Å²) in [7, 11) is 0. The highest BCUT2D eigenvalue weighted by Crippen LogP contribution is 2.19. The van der Waals surface area contributed by atoms with Crippen LogP contribution in [-0.4, -0.2) is 39.0 Å². The van der Waals surface area contributed by atoms with Crippen LogP contribution in [0.3, 0.4) is 0 Å². The fraction of sp³-hybridized carbons (Fsp3) is 0.217. The molecular formula is C23H24N4O4S. The molecular weight excluding hydrogens is 428 g/mol. The summed E-state index contributed by atoms with van der Waals surface area (Å²) in [4.78, 5) is 24.1. The van der Waals surface area contributed by atoms with Gasteiger partial charge >= 0.3 is 5.97 Å². The van der Waals surface area contributed by atoms with E-state index < -0.39 is 5.97 Å². The van der Waals surface area contributed by atoms with Gasteiger partial charge in [0, 0.05) is 12.2 Å². The lowest BCUT2D eigenvalue weighted by molar-refractivity contribution is -0.113. The van der Waals surface area contributed by atoms with E-state index in [1.807, 2.05) is 34.9 Å². The number of thioether (sulfide) groups is 1. The Morgan fingerprint density at radius 2 is 1.88 bits per heavy atom. The molecule has 0 aliphatic heterocycles. The van der Waals surface area contributed by atoms with E-state index in [-0.39, 0.29) is 18.3 Å². The number of rotatable bonds is 11. The number of allylic oxidation sites excluding steroid dienone is 1. The highest BCUT2D eigenvalue weighted by atomic mass is 32.2. The molecule has 3 rings (SSSR count). The Hall–Kier alpha value is -3.59. The number of carbonyl (C=O) groups excluding carboxylic acids is 2. The largest absolute Gasteiger partial charge is 0.486 e. The van der Waals surface area contributed by atoms with Gasteiger partial charge in [-0.1, -0.05) is 36.0 Å². The standard InChI is InChI=1S/C23H24N4O4S/c1-3-14-27-20(15-31-19-8-6-5-7-9-19)25-26-23(27)32-16-21(28)24-18-12-10-17(11-13-18)22(29)30-4-2/h3,5-13H,1,4,14-16H2,2H3,(H,24,28). The third-order valence-corrected chi connectivity index (χ3v) is 5.20. The van der Waals surface area contributed by atoms with E-state index in [2.05, 4.69) is 22.1 Å². The average Bonchev–Trinajstić information content (AvgIpc) is 3.19. The zero-order chi connectivity index (χ0) is 22.8. The van der Waals surface area contributed by atoms with E-state index >= 15 is 0 Å². The summed E-state index contributed by atoms with van der Waals surface area (Å²) >= 11 is 1.27. The van der Waals surface area contributed by atoms with Crippen molar-refractivity contribution in [3.8, 4) is 5.75 Å². The number of esters is 1. The maximum Gasteiger partial charge on any atom is 0.338 e.